The van der Waals surface area contributed by atoms with Crippen molar-refractivity contribution in [1.29, 1.82) is 0 Å². The summed E-state index contributed by atoms with van der Waals surface area (Å²) in [5.41, 5.74) is 0.696. The maximum absolute atomic E-state index is 13.3. The van der Waals surface area contributed by atoms with Gasteiger partial charge in [0.25, 0.3) is 0 Å². The van der Waals surface area contributed by atoms with Crippen LogP contribution in [-0.2, 0) is 9.84 Å². The lowest BCUT2D eigenvalue weighted by Crippen LogP contribution is -3.12. The molecule has 1 aliphatic rings. The maximum Gasteiger partial charge on any atom is 0.236 e. The Labute approximate surface area is 170 Å². The molecule has 4 rings (SSSR count). The number of hydrogen-bond donors (Lipinski definition) is 1. The van der Waals surface area contributed by atoms with Crippen molar-refractivity contribution in [3.05, 3.63) is 54.6 Å². The van der Waals surface area contributed by atoms with Crippen molar-refractivity contribution in [3.8, 4) is 17.2 Å². The highest BCUT2D eigenvalue weighted by molar-refractivity contribution is 7.91. The Bertz CT molecular complexity index is 1070. The molecular formula is C21H24N3O4S+. The van der Waals surface area contributed by atoms with Gasteiger partial charge in [0.2, 0.25) is 26.6 Å². The van der Waals surface area contributed by atoms with Crippen LogP contribution in [-0.4, -0.2) is 53.7 Å². The van der Waals surface area contributed by atoms with Gasteiger partial charge in [0, 0.05) is 5.56 Å². The van der Waals surface area contributed by atoms with Crippen LogP contribution in [0, 0.1) is 0 Å². The molecule has 7 nitrogen and oxygen atoms in total. The molecule has 1 aromatic heterocycles. The first-order chi connectivity index (χ1) is 14.0. The van der Waals surface area contributed by atoms with Crippen molar-refractivity contribution >= 4 is 15.7 Å². The fourth-order valence-electron chi connectivity index (χ4n) is 3.33. The number of aromatic nitrogens is 1. The van der Waals surface area contributed by atoms with E-state index in [-0.39, 0.29) is 15.8 Å². The summed E-state index contributed by atoms with van der Waals surface area (Å²) in [5, 5.41) is -0.0333. The van der Waals surface area contributed by atoms with E-state index < -0.39 is 9.84 Å². The molecule has 0 atom stereocenters. The van der Waals surface area contributed by atoms with Crippen LogP contribution in [0.4, 0.5) is 5.88 Å². The second-order valence-electron chi connectivity index (χ2n) is 7.12. The summed E-state index contributed by atoms with van der Waals surface area (Å²) in [6.45, 7) is 3.23. The van der Waals surface area contributed by atoms with Gasteiger partial charge in [0.15, 0.2) is 0 Å². The normalized spacial score (nSPS) is 15.4. The third kappa shape index (κ3) is 3.86. The van der Waals surface area contributed by atoms with E-state index in [1.165, 1.54) is 4.90 Å². The average Bonchev–Trinajstić information content (AvgIpc) is 3.21. The third-order valence-electron chi connectivity index (χ3n) is 5.13. The SMILES string of the molecule is COc1ccc(-c2nc(S(=O)(=O)c3ccccc3)c(N3CC[NH+](C)CC3)o2)cc1. The van der Waals surface area contributed by atoms with Gasteiger partial charge >= 0.3 is 0 Å². The lowest BCUT2D eigenvalue weighted by Gasteiger charge is -2.29. The van der Waals surface area contributed by atoms with E-state index in [0.29, 0.717) is 30.3 Å². The highest BCUT2D eigenvalue weighted by Crippen LogP contribution is 2.35. The fraction of sp³-hybridized carbons (Fsp3) is 0.286. The second kappa shape index (κ2) is 7.88. The first-order valence-corrected chi connectivity index (χ1v) is 11.0. The first kappa shape index (κ1) is 19.5. The average molecular weight is 415 g/mol. The summed E-state index contributed by atoms with van der Waals surface area (Å²) in [4.78, 5) is 8.02. The molecule has 2 heterocycles. The maximum atomic E-state index is 13.3. The van der Waals surface area contributed by atoms with Crippen LogP contribution in [0.25, 0.3) is 11.5 Å². The van der Waals surface area contributed by atoms with Gasteiger partial charge in [-0.05, 0) is 36.4 Å². The summed E-state index contributed by atoms with van der Waals surface area (Å²) in [6.07, 6.45) is 0. The zero-order valence-corrected chi connectivity index (χ0v) is 17.3. The van der Waals surface area contributed by atoms with Crippen LogP contribution in [0.15, 0.2) is 68.9 Å². The van der Waals surface area contributed by atoms with Crippen LogP contribution in [0.3, 0.4) is 0 Å². The summed E-state index contributed by atoms with van der Waals surface area (Å²) >= 11 is 0. The summed E-state index contributed by atoms with van der Waals surface area (Å²) in [5.74, 6) is 1.30. The Morgan fingerprint density at radius 3 is 2.31 bits per heavy atom. The molecular weight excluding hydrogens is 390 g/mol. The van der Waals surface area contributed by atoms with E-state index in [1.807, 2.05) is 17.0 Å². The van der Waals surface area contributed by atoms with Gasteiger partial charge in [0.1, 0.15) is 5.75 Å². The number of benzene rings is 2. The Morgan fingerprint density at radius 2 is 1.69 bits per heavy atom. The van der Waals surface area contributed by atoms with Crippen molar-refractivity contribution in [1.82, 2.24) is 4.98 Å². The minimum Gasteiger partial charge on any atom is -0.497 e. The smallest absolute Gasteiger partial charge is 0.236 e. The molecule has 1 aliphatic heterocycles. The molecule has 2 aromatic carbocycles. The van der Waals surface area contributed by atoms with Gasteiger partial charge in [-0.15, -0.1) is 0 Å². The van der Waals surface area contributed by atoms with Gasteiger partial charge in [0.05, 0.1) is 45.2 Å². The number of likely N-dealkylation sites (N-methyl/N-ethyl adjacent to an activating group) is 1. The number of anilines is 1. The number of sulfone groups is 1. The molecule has 0 radical (unpaired) electrons. The van der Waals surface area contributed by atoms with Crippen LogP contribution in [0.5, 0.6) is 5.75 Å². The number of quaternary nitrogens is 1. The summed E-state index contributed by atoms with van der Waals surface area (Å²) in [7, 11) is -0.0880. The van der Waals surface area contributed by atoms with E-state index in [0.717, 1.165) is 13.1 Å². The molecule has 8 heteroatoms. The quantitative estimate of drug-likeness (QED) is 0.682. The molecule has 0 spiro atoms. The predicted molar refractivity (Wildman–Crippen MR) is 109 cm³/mol. The molecule has 0 bridgehead atoms. The van der Waals surface area contributed by atoms with Gasteiger partial charge in [-0.25, -0.2) is 8.42 Å². The van der Waals surface area contributed by atoms with Crippen molar-refractivity contribution < 1.29 is 22.5 Å². The summed E-state index contributed by atoms with van der Waals surface area (Å²) in [6, 6.07) is 15.6. The van der Waals surface area contributed by atoms with E-state index in [9.17, 15) is 8.42 Å². The molecule has 1 saturated heterocycles. The fourth-order valence-corrected chi connectivity index (χ4v) is 4.68. The molecule has 1 fully saturated rings. The van der Waals surface area contributed by atoms with Crippen molar-refractivity contribution in [2.75, 3.05) is 45.2 Å². The van der Waals surface area contributed by atoms with E-state index >= 15 is 0 Å². The molecule has 0 aliphatic carbocycles. The standard InChI is InChI=1S/C21H23N3O4S/c1-23-12-14-24(15-13-23)21-20(29(25,26)18-6-4-3-5-7-18)22-19(28-21)16-8-10-17(27-2)11-9-16/h3-11H,12-15H2,1-2H3/p+1. The second-order valence-corrected chi connectivity index (χ2v) is 8.98. The largest absolute Gasteiger partial charge is 0.497 e. The van der Waals surface area contributed by atoms with Crippen molar-refractivity contribution in [3.63, 3.8) is 0 Å². The molecule has 3 aromatic rings. The van der Waals surface area contributed by atoms with E-state index in [2.05, 4.69) is 12.0 Å². The number of piperazine rings is 1. The molecule has 0 amide bonds. The molecule has 29 heavy (non-hydrogen) atoms. The minimum atomic E-state index is -3.81. The van der Waals surface area contributed by atoms with Gasteiger partial charge < -0.3 is 19.0 Å². The Hall–Kier alpha value is -2.84. The molecule has 1 N–H and O–H groups in total. The zero-order chi connectivity index (χ0) is 20.4. The van der Waals surface area contributed by atoms with Gasteiger partial charge in [-0.3, -0.25) is 0 Å². The number of oxazole rings is 1. The van der Waals surface area contributed by atoms with Crippen molar-refractivity contribution in [2.45, 2.75) is 9.92 Å². The Kier molecular flexibility index (Phi) is 5.29. The monoisotopic (exact) mass is 414 g/mol. The molecule has 152 valence electrons. The number of ether oxygens (including phenoxy) is 1. The Morgan fingerprint density at radius 1 is 1.03 bits per heavy atom. The zero-order valence-electron chi connectivity index (χ0n) is 16.5. The lowest BCUT2D eigenvalue weighted by atomic mass is 10.2. The molecule has 0 saturated carbocycles. The predicted octanol–water partition coefficient (Wildman–Crippen LogP) is 1.52. The number of nitrogens with zero attached hydrogens (tertiary/aromatic N) is 2. The number of nitrogens with one attached hydrogen (secondary N) is 1. The van der Waals surface area contributed by atoms with Crippen LogP contribution < -0.4 is 14.5 Å². The van der Waals surface area contributed by atoms with Crippen LogP contribution in [0.2, 0.25) is 0 Å². The third-order valence-corrected chi connectivity index (χ3v) is 6.80. The topological polar surface area (TPSA) is 77.1 Å². The molecule has 0 unspecified atom stereocenters. The number of hydrogen-bond acceptors (Lipinski definition) is 6. The van der Waals surface area contributed by atoms with Gasteiger partial charge in [-0.1, -0.05) is 18.2 Å². The highest BCUT2D eigenvalue weighted by Gasteiger charge is 2.33. The Balaban J connectivity index is 1.80. The summed E-state index contributed by atoms with van der Waals surface area (Å²) < 4.78 is 37.9. The first-order valence-electron chi connectivity index (χ1n) is 9.50. The van der Waals surface area contributed by atoms with E-state index in [4.69, 9.17) is 9.15 Å². The van der Waals surface area contributed by atoms with Crippen LogP contribution >= 0.6 is 0 Å². The van der Waals surface area contributed by atoms with Crippen LogP contribution in [0.1, 0.15) is 0 Å². The lowest BCUT2D eigenvalue weighted by molar-refractivity contribution is -0.880. The van der Waals surface area contributed by atoms with E-state index in [1.54, 1.807) is 49.6 Å². The van der Waals surface area contributed by atoms with Crippen molar-refractivity contribution in [2.24, 2.45) is 0 Å². The highest BCUT2D eigenvalue weighted by atomic mass is 32.2. The number of methoxy groups -OCH3 is 1. The van der Waals surface area contributed by atoms with Gasteiger partial charge in [-0.2, -0.15) is 4.98 Å². The number of rotatable bonds is 5. The minimum absolute atomic E-state index is 0.0333.